The minimum atomic E-state index is -0.0605. The van der Waals surface area contributed by atoms with Crippen LogP contribution < -0.4 is 5.32 Å². The van der Waals surface area contributed by atoms with Crippen LogP contribution in [0.5, 0.6) is 0 Å². The van der Waals surface area contributed by atoms with E-state index in [9.17, 15) is 4.79 Å². The third kappa shape index (κ3) is 2.63. The molecule has 1 aliphatic heterocycles. The van der Waals surface area contributed by atoms with Gasteiger partial charge in [-0.25, -0.2) is 0 Å². The van der Waals surface area contributed by atoms with Gasteiger partial charge in [-0.3, -0.25) is 4.79 Å². The summed E-state index contributed by atoms with van der Waals surface area (Å²) in [5, 5.41) is 3.12. The van der Waals surface area contributed by atoms with Crippen LogP contribution in [0, 0.1) is 0 Å². The number of carbonyl (C=O) groups excluding carboxylic acids is 1. The van der Waals surface area contributed by atoms with E-state index in [4.69, 9.17) is 23.2 Å². The summed E-state index contributed by atoms with van der Waals surface area (Å²) in [6.45, 7) is 1.69. The molecule has 0 atom stereocenters. The zero-order chi connectivity index (χ0) is 11.0. The maximum Gasteiger partial charge on any atom is 0.256 e. The molecule has 7 heteroatoms. The summed E-state index contributed by atoms with van der Waals surface area (Å²) in [4.78, 5) is 13.7. The second-order valence-corrected chi connectivity index (χ2v) is 5.75. The summed E-state index contributed by atoms with van der Waals surface area (Å²) in [5.41, 5.74) is 0.501. The SMILES string of the molecule is CN(C(=O)c1cc(Cl)sc1Cl)C1CNC1.Cl. The molecule has 1 fully saturated rings. The Labute approximate surface area is 114 Å². The first-order valence-corrected chi connectivity index (χ1v) is 6.09. The Kier molecular flexibility index (Phi) is 4.88. The van der Waals surface area contributed by atoms with E-state index >= 15 is 0 Å². The van der Waals surface area contributed by atoms with Gasteiger partial charge in [0.1, 0.15) is 4.34 Å². The van der Waals surface area contributed by atoms with Gasteiger partial charge in [0.15, 0.2) is 0 Å². The number of thiophene rings is 1. The lowest BCUT2D eigenvalue weighted by molar-refractivity contribution is 0.0682. The molecule has 3 nitrogen and oxygen atoms in total. The second-order valence-electron chi connectivity index (χ2n) is 3.47. The molecule has 0 radical (unpaired) electrons. The van der Waals surface area contributed by atoms with E-state index in [0.29, 0.717) is 14.2 Å². The summed E-state index contributed by atoms with van der Waals surface area (Å²) in [6.07, 6.45) is 0. The van der Waals surface area contributed by atoms with Crippen LogP contribution in [-0.4, -0.2) is 37.0 Å². The maximum absolute atomic E-state index is 12.0. The van der Waals surface area contributed by atoms with E-state index < -0.39 is 0 Å². The summed E-state index contributed by atoms with van der Waals surface area (Å²) in [6, 6.07) is 1.90. The number of nitrogens with one attached hydrogen (secondary N) is 1. The molecule has 0 saturated carbocycles. The van der Waals surface area contributed by atoms with Gasteiger partial charge in [-0.1, -0.05) is 23.2 Å². The van der Waals surface area contributed by atoms with Gasteiger partial charge >= 0.3 is 0 Å². The molecular formula is C9H11Cl3N2OS. The highest BCUT2D eigenvalue weighted by Gasteiger charge is 2.27. The predicted molar refractivity (Wildman–Crippen MR) is 70.3 cm³/mol. The first-order chi connectivity index (χ1) is 7.09. The lowest BCUT2D eigenvalue weighted by atomic mass is 10.1. The van der Waals surface area contributed by atoms with Crippen molar-refractivity contribution in [2.75, 3.05) is 20.1 Å². The van der Waals surface area contributed by atoms with Gasteiger partial charge in [0.05, 0.1) is 15.9 Å². The van der Waals surface area contributed by atoms with Gasteiger partial charge in [0.2, 0.25) is 0 Å². The number of hydrogen-bond donors (Lipinski definition) is 1. The van der Waals surface area contributed by atoms with Gasteiger partial charge < -0.3 is 10.2 Å². The van der Waals surface area contributed by atoms with Crippen LogP contribution in [0.2, 0.25) is 8.67 Å². The van der Waals surface area contributed by atoms with Crippen LogP contribution in [0.4, 0.5) is 0 Å². The van der Waals surface area contributed by atoms with E-state index in [1.807, 2.05) is 0 Å². The van der Waals surface area contributed by atoms with Crippen molar-refractivity contribution in [1.82, 2.24) is 10.2 Å². The van der Waals surface area contributed by atoms with E-state index in [0.717, 1.165) is 13.1 Å². The molecule has 1 aromatic rings. The zero-order valence-electron chi connectivity index (χ0n) is 8.50. The quantitative estimate of drug-likeness (QED) is 0.910. The summed E-state index contributed by atoms with van der Waals surface area (Å²) in [7, 11) is 1.79. The van der Waals surface area contributed by atoms with Gasteiger partial charge in [-0.05, 0) is 6.07 Å². The van der Waals surface area contributed by atoms with Crippen LogP contribution in [0.15, 0.2) is 6.07 Å². The molecule has 0 aromatic carbocycles. The topological polar surface area (TPSA) is 32.3 Å². The summed E-state index contributed by atoms with van der Waals surface area (Å²) in [5.74, 6) is -0.0605. The molecule has 0 unspecified atom stereocenters. The van der Waals surface area contributed by atoms with E-state index in [1.165, 1.54) is 11.3 Å². The maximum atomic E-state index is 12.0. The fourth-order valence-electron chi connectivity index (χ4n) is 1.39. The molecule has 0 aliphatic carbocycles. The average molecular weight is 302 g/mol. The Bertz CT molecular complexity index is 392. The largest absolute Gasteiger partial charge is 0.336 e. The molecule has 1 N–H and O–H groups in total. The first kappa shape index (κ1) is 14.1. The fraction of sp³-hybridized carbons (Fsp3) is 0.444. The van der Waals surface area contributed by atoms with Crippen LogP contribution in [0.3, 0.4) is 0 Å². The Balaban J connectivity index is 0.00000128. The van der Waals surface area contributed by atoms with E-state index in [2.05, 4.69) is 5.32 Å². The average Bonchev–Trinajstić information content (AvgIpc) is 2.41. The number of halogens is 3. The molecule has 0 spiro atoms. The summed E-state index contributed by atoms with van der Waals surface area (Å²) >= 11 is 12.9. The van der Waals surface area contributed by atoms with Crippen molar-refractivity contribution >= 4 is 52.9 Å². The molecule has 2 heterocycles. The third-order valence-corrected chi connectivity index (χ3v) is 4.00. The Morgan fingerprint density at radius 2 is 2.19 bits per heavy atom. The van der Waals surface area contributed by atoms with Crippen LogP contribution >= 0.6 is 46.9 Å². The lowest BCUT2D eigenvalue weighted by Crippen LogP contribution is -2.57. The highest BCUT2D eigenvalue weighted by molar-refractivity contribution is 7.20. The number of nitrogens with zero attached hydrogens (tertiary/aromatic N) is 1. The van der Waals surface area contributed by atoms with Crippen LogP contribution in [-0.2, 0) is 0 Å². The molecule has 1 aliphatic rings. The molecule has 1 amide bonds. The molecule has 1 aromatic heterocycles. The smallest absolute Gasteiger partial charge is 0.256 e. The number of hydrogen-bond acceptors (Lipinski definition) is 3. The van der Waals surface area contributed by atoms with E-state index in [-0.39, 0.29) is 24.4 Å². The van der Waals surface area contributed by atoms with Crippen LogP contribution in [0.25, 0.3) is 0 Å². The highest BCUT2D eigenvalue weighted by atomic mass is 35.5. The minimum absolute atomic E-state index is 0. The molecule has 1 saturated heterocycles. The predicted octanol–water partition coefficient (Wildman–Crippen LogP) is 2.52. The van der Waals surface area contributed by atoms with Gasteiger partial charge in [0.25, 0.3) is 5.91 Å². The molecule has 2 rings (SSSR count). The van der Waals surface area contributed by atoms with Crippen LogP contribution in [0.1, 0.15) is 10.4 Å². The van der Waals surface area contributed by atoms with Crippen molar-refractivity contribution in [3.8, 4) is 0 Å². The Hall–Kier alpha value is -0.000000000000000167. The normalized spacial score (nSPS) is 15.2. The Morgan fingerprint density at radius 3 is 2.56 bits per heavy atom. The zero-order valence-corrected chi connectivity index (χ0v) is 11.6. The number of carbonyl (C=O) groups is 1. The van der Waals surface area contributed by atoms with Crippen molar-refractivity contribution in [3.05, 3.63) is 20.3 Å². The highest BCUT2D eigenvalue weighted by Crippen LogP contribution is 2.32. The molecule has 0 bridgehead atoms. The van der Waals surface area contributed by atoms with Crippen molar-refractivity contribution in [2.24, 2.45) is 0 Å². The second kappa shape index (κ2) is 5.56. The van der Waals surface area contributed by atoms with Crippen molar-refractivity contribution < 1.29 is 4.79 Å². The molecule has 16 heavy (non-hydrogen) atoms. The number of likely N-dealkylation sites (N-methyl/N-ethyl adjacent to an activating group) is 1. The van der Waals surface area contributed by atoms with Crippen molar-refractivity contribution in [2.45, 2.75) is 6.04 Å². The number of rotatable bonds is 2. The molecular weight excluding hydrogens is 291 g/mol. The minimum Gasteiger partial charge on any atom is -0.336 e. The van der Waals surface area contributed by atoms with Crippen molar-refractivity contribution in [3.63, 3.8) is 0 Å². The van der Waals surface area contributed by atoms with Crippen molar-refractivity contribution in [1.29, 1.82) is 0 Å². The molecule has 90 valence electrons. The third-order valence-electron chi connectivity index (χ3n) is 2.52. The monoisotopic (exact) mass is 300 g/mol. The summed E-state index contributed by atoms with van der Waals surface area (Å²) < 4.78 is 1.01. The van der Waals surface area contributed by atoms with E-state index in [1.54, 1.807) is 18.0 Å². The first-order valence-electron chi connectivity index (χ1n) is 4.52. The lowest BCUT2D eigenvalue weighted by Gasteiger charge is -2.35. The van der Waals surface area contributed by atoms with Gasteiger partial charge in [0, 0.05) is 20.1 Å². The van der Waals surface area contributed by atoms with Gasteiger partial charge in [-0.15, -0.1) is 23.7 Å². The number of amides is 1. The Morgan fingerprint density at radius 1 is 1.56 bits per heavy atom. The van der Waals surface area contributed by atoms with Gasteiger partial charge in [-0.2, -0.15) is 0 Å². The standard InChI is InChI=1S/C9H10Cl2N2OS.ClH/c1-13(5-3-12-4-5)9(14)6-2-7(10)15-8(6)11;/h2,5,12H,3-4H2,1H3;1H. The fourth-order valence-corrected chi connectivity index (χ4v) is 2.84.